The van der Waals surface area contributed by atoms with Crippen molar-refractivity contribution in [3.8, 4) is 0 Å². The summed E-state index contributed by atoms with van der Waals surface area (Å²) in [7, 11) is 0. The Morgan fingerprint density at radius 1 is 1.33 bits per heavy atom. The fourth-order valence-corrected chi connectivity index (χ4v) is 1.36. The van der Waals surface area contributed by atoms with E-state index >= 15 is 0 Å². The van der Waals surface area contributed by atoms with Crippen LogP contribution in [0.5, 0.6) is 0 Å². The van der Waals surface area contributed by atoms with Crippen LogP contribution in [0.15, 0.2) is 17.3 Å². The molecule has 0 heterocycles. The molecule has 0 aromatic carbocycles. The van der Waals surface area contributed by atoms with E-state index in [1.165, 1.54) is 0 Å². The van der Waals surface area contributed by atoms with Gasteiger partial charge in [0.15, 0.2) is 0 Å². The monoisotopic (exact) mass is 167 g/mol. The van der Waals surface area contributed by atoms with E-state index in [9.17, 15) is 5.11 Å². The van der Waals surface area contributed by atoms with Gasteiger partial charge in [-0.3, -0.25) is 0 Å². The zero-order valence-electron chi connectivity index (χ0n) is 6.98. The molecular formula is C8H13N3O. The molecular weight excluding hydrogens is 154 g/mol. The van der Waals surface area contributed by atoms with Gasteiger partial charge < -0.3 is 5.11 Å². The van der Waals surface area contributed by atoms with E-state index in [1.807, 2.05) is 6.08 Å². The van der Waals surface area contributed by atoms with E-state index in [0.29, 0.717) is 12.8 Å². The average Bonchev–Trinajstić information content (AvgIpc) is 1.99. The van der Waals surface area contributed by atoms with Crippen LogP contribution in [0.4, 0.5) is 0 Å². The maximum Gasteiger partial charge on any atom is 0.143 e. The Morgan fingerprint density at radius 3 is 2.83 bits per heavy atom. The second-order valence-corrected chi connectivity index (χ2v) is 3.07. The maximum absolute atomic E-state index is 9.72. The van der Waals surface area contributed by atoms with E-state index in [0.717, 1.165) is 19.3 Å². The predicted octanol–water partition coefficient (Wildman–Crippen LogP) is 2.51. The smallest absolute Gasteiger partial charge is 0.143 e. The Morgan fingerprint density at radius 2 is 2.08 bits per heavy atom. The van der Waals surface area contributed by atoms with Gasteiger partial charge in [-0.05, 0) is 37.6 Å². The van der Waals surface area contributed by atoms with Gasteiger partial charge >= 0.3 is 0 Å². The Labute approximate surface area is 71.5 Å². The molecule has 0 amide bonds. The SMILES string of the molecule is [N-]=[N+]=NC1(O)CC/C=C\CCC1. The maximum atomic E-state index is 9.72. The molecule has 4 nitrogen and oxygen atoms in total. The molecule has 0 radical (unpaired) electrons. The number of nitrogens with zero attached hydrogens (tertiary/aromatic N) is 3. The molecule has 0 saturated carbocycles. The van der Waals surface area contributed by atoms with Crippen LogP contribution in [0.25, 0.3) is 10.4 Å². The van der Waals surface area contributed by atoms with Gasteiger partial charge in [0, 0.05) is 4.91 Å². The first-order chi connectivity index (χ1) is 5.77. The highest BCUT2D eigenvalue weighted by Crippen LogP contribution is 2.24. The van der Waals surface area contributed by atoms with Gasteiger partial charge in [0.25, 0.3) is 0 Å². The second-order valence-electron chi connectivity index (χ2n) is 3.07. The van der Waals surface area contributed by atoms with Crippen LogP contribution in [0, 0.1) is 0 Å². The van der Waals surface area contributed by atoms with Crippen LogP contribution in [0.3, 0.4) is 0 Å². The molecule has 66 valence electrons. The van der Waals surface area contributed by atoms with Gasteiger partial charge in [-0.1, -0.05) is 17.3 Å². The highest BCUT2D eigenvalue weighted by atomic mass is 16.3. The lowest BCUT2D eigenvalue weighted by Gasteiger charge is -2.22. The van der Waals surface area contributed by atoms with Crippen LogP contribution < -0.4 is 0 Å². The van der Waals surface area contributed by atoms with Crippen LogP contribution >= 0.6 is 0 Å². The van der Waals surface area contributed by atoms with Crippen molar-refractivity contribution in [2.45, 2.75) is 37.8 Å². The summed E-state index contributed by atoms with van der Waals surface area (Å²) in [6, 6.07) is 0. The minimum Gasteiger partial charge on any atom is -0.384 e. The first-order valence-corrected chi connectivity index (χ1v) is 4.20. The van der Waals surface area contributed by atoms with Crippen molar-refractivity contribution in [3.63, 3.8) is 0 Å². The standard InChI is InChI=1S/C8H13N3O/c9-11-10-8(12)6-4-2-1-3-5-7-8/h1-2,12H,3-7H2/b2-1-. The summed E-state index contributed by atoms with van der Waals surface area (Å²) in [6.45, 7) is 0. The normalized spacial score (nSPS) is 32.8. The molecule has 0 aromatic rings. The van der Waals surface area contributed by atoms with Crippen LogP contribution in [-0.2, 0) is 0 Å². The molecule has 1 atom stereocenters. The topological polar surface area (TPSA) is 69.0 Å². The molecule has 0 bridgehead atoms. The molecule has 1 unspecified atom stereocenters. The van der Waals surface area contributed by atoms with Crippen molar-refractivity contribution < 1.29 is 5.11 Å². The van der Waals surface area contributed by atoms with E-state index in [1.54, 1.807) is 0 Å². The molecule has 1 aliphatic rings. The minimum absolute atomic E-state index is 0.535. The lowest BCUT2D eigenvalue weighted by Crippen LogP contribution is -2.25. The van der Waals surface area contributed by atoms with Crippen molar-refractivity contribution in [2.24, 2.45) is 5.11 Å². The molecule has 0 saturated heterocycles. The number of hydrogen-bond donors (Lipinski definition) is 1. The number of rotatable bonds is 1. The number of aliphatic hydroxyl groups is 1. The molecule has 1 N–H and O–H groups in total. The van der Waals surface area contributed by atoms with Gasteiger partial charge in [-0.25, -0.2) is 0 Å². The summed E-state index contributed by atoms with van der Waals surface area (Å²) >= 11 is 0. The Bertz CT molecular complexity index is 220. The molecule has 12 heavy (non-hydrogen) atoms. The Balaban J connectivity index is 2.62. The summed E-state index contributed by atoms with van der Waals surface area (Å²) < 4.78 is 0. The van der Waals surface area contributed by atoms with Crippen LogP contribution in [0.2, 0.25) is 0 Å². The van der Waals surface area contributed by atoms with Crippen molar-refractivity contribution in [1.29, 1.82) is 0 Å². The third-order valence-corrected chi connectivity index (χ3v) is 2.06. The van der Waals surface area contributed by atoms with E-state index in [-0.39, 0.29) is 0 Å². The quantitative estimate of drug-likeness (QED) is 0.277. The van der Waals surface area contributed by atoms with Gasteiger partial charge in [0.2, 0.25) is 0 Å². The second kappa shape index (κ2) is 4.14. The van der Waals surface area contributed by atoms with Gasteiger partial charge in [-0.15, -0.1) is 0 Å². The summed E-state index contributed by atoms with van der Waals surface area (Å²) in [5.41, 5.74) is 7.09. The van der Waals surface area contributed by atoms with Crippen molar-refractivity contribution >= 4 is 0 Å². The van der Waals surface area contributed by atoms with E-state index < -0.39 is 5.72 Å². The predicted molar refractivity (Wildman–Crippen MR) is 46.3 cm³/mol. The van der Waals surface area contributed by atoms with Gasteiger partial charge in [0.1, 0.15) is 5.72 Å². The van der Waals surface area contributed by atoms with Crippen molar-refractivity contribution in [3.05, 3.63) is 22.6 Å². The molecule has 0 aromatic heterocycles. The van der Waals surface area contributed by atoms with E-state index in [4.69, 9.17) is 5.53 Å². The first kappa shape index (κ1) is 9.10. The molecule has 0 aliphatic heterocycles. The zero-order valence-corrected chi connectivity index (χ0v) is 6.98. The summed E-state index contributed by atoms with van der Waals surface area (Å²) in [5.74, 6) is 0. The summed E-state index contributed by atoms with van der Waals surface area (Å²) in [4.78, 5) is 2.65. The lowest BCUT2D eigenvalue weighted by molar-refractivity contribution is 0.0280. The lowest BCUT2D eigenvalue weighted by atomic mass is 9.98. The van der Waals surface area contributed by atoms with Gasteiger partial charge in [0.05, 0.1) is 0 Å². The largest absolute Gasteiger partial charge is 0.384 e. The first-order valence-electron chi connectivity index (χ1n) is 4.20. The molecule has 1 rings (SSSR count). The number of allylic oxidation sites excluding steroid dienone is 2. The Hall–Kier alpha value is -0.990. The highest BCUT2D eigenvalue weighted by molar-refractivity contribution is 4.89. The fourth-order valence-electron chi connectivity index (χ4n) is 1.36. The molecule has 4 heteroatoms. The van der Waals surface area contributed by atoms with Crippen molar-refractivity contribution in [1.82, 2.24) is 0 Å². The third-order valence-electron chi connectivity index (χ3n) is 2.06. The van der Waals surface area contributed by atoms with Crippen molar-refractivity contribution in [2.75, 3.05) is 0 Å². The third kappa shape index (κ3) is 2.57. The van der Waals surface area contributed by atoms with Crippen LogP contribution in [-0.4, -0.2) is 10.8 Å². The molecule has 1 aliphatic carbocycles. The van der Waals surface area contributed by atoms with Crippen LogP contribution in [0.1, 0.15) is 32.1 Å². The molecule has 0 fully saturated rings. The fraction of sp³-hybridized carbons (Fsp3) is 0.750. The minimum atomic E-state index is -1.14. The number of hydrogen-bond acceptors (Lipinski definition) is 2. The molecule has 0 spiro atoms. The Kier molecular flexibility index (Phi) is 3.14. The zero-order chi connectivity index (χ0) is 8.86. The van der Waals surface area contributed by atoms with Gasteiger partial charge in [-0.2, -0.15) is 0 Å². The summed E-state index contributed by atoms with van der Waals surface area (Å²) in [6.07, 6.45) is 7.87. The van der Waals surface area contributed by atoms with E-state index in [2.05, 4.69) is 16.1 Å². The number of azide groups is 1. The summed E-state index contributed by atoms with van der Waals surface area (Å²) in [5, 5.41) is 13.1. The highest BCUT2D eigenvalue weighted by Gasteiger charge is 2.24. The average molecular weight is 167 g/mol.